The van der Waals surface area contributed by atoms with E-state index >= 15 is 0 Å². The molecule has 1 unspecified atom stereocenters. The number of hydrogen-bond donors (Lipinski definition) is 0. The summed E-state index contributed by atoms with van der Waals surface area (Å²) < 4.78 is 7.81. The summed E-state index contributed by atoms with van der Waals surface area (Å²) in [7, 11) is 0. The zero-order chi connectivity index (χ0) is 18.1. The molecular weight excluding hydrogens is 330 g/mol. The highest BCUT2D eigenvalue weighted by Crippen LogP contribution is 2.27. The fourth-order valence-electron chi connectivity index (χ4n) is 3.64. The molecule has 26 heavy (non-hydrogen) atoms. The van der Waals surface area contributed by atoms with E-state index in [0.29, 0.717) is 24.9 Å². The number of ether oxygens (including phenoxy) is 1. The number of hydrogen-bond acceptors (Lipinski definition) is 5. The molecule has 7 nitrogen and oxygen atoms in total. The summed E-state index contributed by atoms with van der Waals surface area (Å²) in [5.41, 5.74) is 2.34. The van der Waals surface area contributed by atoms with Crippen LogP contribution in [0, 0.1) is 0 Å². The number of fused-ring (bicyclic) bond motifs is 1. The maximum absolute atomic E-state index is 12.9. The molecule has 1 fully saturated rings. The van der Waals surface area contributed by atoms with Crippen molar-refractivity contribution in [3.8, 4) is 0 Å². The number of piperazine rings is 1. The summed E-state index contributed by atoms with van der Waals surface area (Å²) in [6.07, 6.45) is -0.0528. The Hall–Kier alpha value is -2.25. The van der Waals surface area contributed by atoms with E-state index in [1.54, 1.807) is 0 Å². The first-order valence-corrected chi connectivity index (χ1v) is 9.25. The maximum atomic E-state index is 12.9. The van der Waals surface area contributed by atoms with Crippen LogP contribution in [0.25, 0.3) is 0 Å². The standard InChI is InChI=1S/C19H25N5O2/c1-14(2)22-8-10-23(11-9-22)19(25)18-16-13-26-17(12-24(16)21-20-18)15-6-4-3-5-7-15/h3-7,14,17H,8-13H2,1-2H3. The number of benzene rings is 1. The van der Waals surface area contributed by atoms with Crippen LogP contribution in [0.5, 0.6) is 0 Å². The molecule has 3 heterocycles. The first kappa shape index (κ1) is 17.2. The molecular formula is C19H25N5O2. The zero-order valence-electron chi connectivity index (χ0n) is 15.3. The maximum Gasteiger partial charge on any atom is 0.276 e. The van der Waals surface area contributed by atoms with Gasteiger partial charge in [-0.15, -0.1) is 5.10 Å². The lowest BCUT2D eigenvalue weighted by molar-refractivity contribution is -0.00206. The number of carbonyl (C=O) groups excluding carboxylic acids is 1. The average Bonchev–Trinajstić information content (AvgIpc) is 3.11. The van der Waals surface area contributed by atoms with Gasteiger partial charge >= 0.3 is 0 Å². The minimum atomic E-state index is -0.0528. The fraction of sp³-hybridized carbons (Fsp3) is 0.526. The molecule has 1 saturated heterocycles. The highest BCUT2D eigenvalue weighted by Gasteiger charge is 2.31. The summed E-state index contributed by atoms with van der Waals surface area (Å²) in [6.45, 7) is 8.59. The van der Waals surface area contributed by atoms with Crippen LogP contribution in [-0.4, -0.2) is 62.9 Å². The van der Waals surface area contributed by atoms with Crippen molar-refractivity contribution in [2.75, 3.05) is 26.2 Å². The number of carbonyl (C=O) groups is 1. The van der Waals surface area contributed by atoms with E-state index in [0.717, 1.165) is 37.4 Å². The zero-order valence-corrected chi connectivity index (χ0v) is 15.3. The van der Waals surface area contributed by atoms with Crippen LogP contribution in [0.2, 0.25) is 0 Å². The number of amides is 1. The second-order valence-electron chi connectivity index (χ2n) is 7.20. The molecule has 0 N–H and O–H groups in total. The Bertz CT molecular complexity index is 765. The third kappa shape index (κ3) is 3.24. The Labute approximate surface area is 153 Å². The third-order valence-electron chi connectivity index (χ3n) is 5.30. The van der Waals surface area contributed by atoms with E-state index in [4.69, 9.17) is 4.74 Å². The molecule has 138 valence electrons. The molecule has 1 aromatic carbocycles. The largest absolute Gasteiger partial charge is 0.365 e. The second-order valence-corrected chi connectivity index (χ2v) is 7.20. The highest BCUT2D eigenvalue weighted by atomic mass is 16.5. The minimum Gasteiger partial charge on any atom is -0.365 e. The molecule has 0 spiro atoms. The highest BCUT2D eigenvalue weighted by molar-refractivity contribution is 5.93. The van der Waals surface area contributed by atoms with Crippen molar-refractivity contribution in [1.82, 2.24) is 24.8 Å². The van der Waals surface area contributed by atoms with Crippen LogP contribution >= 0.6 is 0 Å². The molecule has 0 saturated carbocycles. The normalized spacial score (nSPS) is 21.0. The Morgan fingerprint density at radius 2 is 1.88 bits per heavy atom. The van der Waals surface area contributed by atoms with Crippen molar-refractivity contribution >= 4 is 5.91 Å². The lowest BCUT2D eigenvalue weighted by Gasteiger charge is -2.36. The topological polar surface area (TPSA) is 63.5 Å². The lowest BCUT2D eigenvalue weighted by Crippen LogP contribution is -2.51. The first-order valence-electron chi connectivity index (χ1n) is 9.25. The number of rotatable bonds is 3. The molecule has 0 radical (unpaired) electrons. The van der Waals surface area contributed by atoms with Crippen molar-refractivity contribution in [3.63, 3.8) is 0 Å². The van der Waals surface area contributed by atoms with Gasteiger partial charge in [0.2, 0.25) is 0 Å². The van der Waals surface area contributed by atoms with Crippen LogP contribution in [-0.2, 0) is 17.9 Å². The predicted octanol–water partition coefficient (Wildman–Crippen LogP) is 1.72. The Balaban J connectivity index is 1.46. The van der Waals surface area contributed by atoms with Gasteiger partial charge in [0.1, 0.15) is 6.10 Å². The van der Waals surface area contributed by atoms with Crippen molar-refractivity contribution in [1.29, 1.82) is 0 Å². The molecule has 7 heteroatoms. The minimum absolute atomic E-state index is 0.0311. The molecule has 0 aliphatic carbocycles. The molecule has 0 bridgehead atoms. The predicted molar refractivity (Wildman–Crippen MR) is 96.6 cm³/mol. The average molecular weight is 355 g/mol. The Morgan fingerprint density at radius 3 is 2.58 bits per heavy atom. The van der Waals surface area contributed by atoms with Gasteiger partial charge < -0.3 is 9.64 Å². The van der Waals surface area contributed by atoms with Crippen LogP contribution in [0.4, 0.5) is 0 Å². The van der Waals surface area contributed by atoms with Gasteiger partial charge in [-0.2, -0.15) is 0 Å². The van der Waals surface area contributed by atoms with Gasteiger partial charge in [-0.1, -0.05) is 35.5 Å². The third-order valence-corrected chi connectivity index (χ3v) is 5.30. The lowest BCUT2D eigenvalue weighted by atomic mass is 10.1. The molecule has 2 aliphatic heterocycles. The Kier molecular flexibility index (Phi) is 4.74. The second kappa shape index (κ2) is 7.17. The van der Waals surface area contributed by atoms with E-state index in [2.05, 4.69) is 29.1 Å². The van der Waals surface area contributed by atoms with E-state index in [-0.39, 0.29) is 12.0 Å². The molecule has 1 atom stereocenters. The van der Waals surface area contributed by atoms with E-state index in [1.807, 2.05) is 39.9 Å². The van der Waals surface area contributed by atoms with Crippen molar-refractivity contribution in [2.45, 2.75) is 39.1 Å². The summed E-state index contributed by atoms with van der Waals surface area (Å²) in [4.78, 5) is 17.2. The van der Waals surface area contributed by atoms with Crippen LogP contribution in [0.1, 0.15) is 41.7 Å². The summed E-state index contributed by atoms with van der Waals surface area (Å²) in [6, 6.07) is 10.6. The number of nitrogens with zero attached hydrogens (tertiary/aromatic N) is 5. The number of aromatic nitrogens is 3. The molecule has 1 amide bonds. The summed E-state index contributed by atoms with van der Waals surface area (Å²) >= 11 is 0. The molecule has 2 aliphatic rings. The molecule has 1 aromatic heterocycles. The van der Waals surface area contributed by atoms with Crippen LogP contribution in [0.3, 0.4) is 0 Å². The monoisotopic (exact) mass is 355 g/mol. The van der Waals surface area contributed by atoms with Gasteiger partial charge in [0.25, 0.3) is 5.91 Å². The fourth-order valence-corrected chi connectivity index (χ4v) is 3.64. The Morgan fingerprint density at radius 1 is 1.15 bits per heavy atom. The van der Waals surface area contributed by atoms with E-state index in [1.165, 1.54) is 0 Å². The van der Waals surface area contributed by atoms with Gasteiger partial charge in [0, 0.05) is 32.2 Å². The molecule has 4 rings (SSSR count). The van der Waals surface area contributed by atoms with Crippen molar-refractivity contribution < 1.29 is 9.53 Å². The van der Waals surface area contributed by atoms with Crippen molar-refractivity contribution in [3.05, 3.63) is 47.3 Å². The molecule has 2 aromatic rings. The smallest absolute Gasteiger partial charge is 0.276 e. The van der Waals surface area contributed by atoms with E-state index in [9.17, 15) is 4.79 Å². The summed E-state index contributed by atoms with van der Waals surface area (Å²) in [5.74, 6) is -0.0311. The van der Waals surface area contributed by atoms with E-state index < -0.39 is 0 Å². The van der Waals surface area contributed by atoms with Crippen LogP contribution in [0.15, 0.2) is 30.3 Å². The first-order chi connectivity index (χ1) is 12.6. The van der Waals surface area contributed by atoms with Crippen LogP contribution < -0.4 is 0 Å². The van der Waals surface area contributed by atoms with Gasteiger partial charge in [0.05, 0.1) is 18.8 Å². The summed E-state index contributed by atoms with van der Waals surface area (Å²) in [5, 5.41) is 8.40. The van der Waals surface area contributed by atoms with Crippen molar-refractivity contribution in [2.24, 2.45) is 0 Å². The van der Waals surface area contributed by atoms with Gasteiger partial charge in [-0.05, 0) is 19.4 Å². The van der Waals surface area contributed by atoms with Gasteiger partial charge in [-0.25, -0.2) is 4.68 Å². The van der Waals surface area contributed by atoms with Gasteiger partial charge in [0.15, 0.2) is 5.69 Å². The quantitative estimate of drug-likeness (QED) is 0.839. The van der Waals surface area contributed by atoms with Gasteiger partial charge in [-0.3, -0.25) is 9.69 Å². The SMILES string of the molecule is CC(C)N1CCN(C(=O)c2nnn3c2COC(c2ccccc2)C3)CC1.